The van der Waals surface area contributed by atoms with Crippen LogP contribution >= 0.6 is 0 Å². The van der Waals surface area contributed by atoms with Crippen molar-refractivity contribution in [1.82, 2.24) is 5.43 Å². The minimum absolute atomic E-state index is 0.106. The van der Waals surface area contributed by atoms with Gasteiger partial charge in [0.1, 0.15) is 12.3 Å². The minimum Gasteiger partial charge on any atom is -0.497 e. The Kier molecular flexibility index (Phi) is 7.50. The summed E-state index contributed by atoms with van der Waals surface area (Å²) in [5, 5.41) is 4.14. The first-order chi connectivity index (χ1) is 15.7. The number of nitrogens with zero attached hydrogens (tertiary/aromatic N) is 2. The highest BCUT2D eigenvalue weighted by atomic mass is 32.2. The minimum atomic E-state index is -3.97. The van der Waals surface area contributed by atoms with E-state index in [2.05, 4.69) is 10.5 Å². The number of rotatable bonds is 8. The number of anilines is 1. The van der Waals surface area contributed by atoms with Gasteiger partial charge in [0, 0.05) is 0 Å². The second kappa shape index (κ2) is 10.3. The van der Waals surface area contributed by atoms with Crippen LogP contribution in [0.3, 0.4) is 0 Å². The van der Waals surface area contributed by atoms with Gasteiger partial charge in [0.2, 0.25) is 0 Å². The summed E-state index contributed by atoms with van der Waals surface area (Å²) in [6.45, 7) is 5.10. The Morgan fingerprint density at radius 2 is 1.58 bits per heavy atom. The summed E-state index contributed by atoms with van der Waals surface area (Å²) in [4.78, 5) is 12.9. The third kappa shape index (κ3) is 5.98. The number of aryl methyl sites for hydroxylation is 2. The maximum atomic E-state index is 13.4. The van der Waals surface area contributed by atoms with Crippen molar-refractivity contribution in [3.05, 3.63) is 89.5 Å². The van der Waals surface area contributed by atoms with Crippen LogP contribution in [0.4, 0.5) is 5.69 Å². The molecular formula is C25H27N3O4S. The molecular weight excluding hydrogens is 438 g/mol. The van der Waals surface area contributed by atoms with Crippen molar-refractivity contribution >= 4 is 27.3 Å². The number of hydrogen-bond acceptors (Lipinski definition) is 5. The molecule has 0 aromatic heterocycles. The van der Waals surface area contributed by atoms with Crippen LogP contribution in [0.5, 0.6) is 5.75 Å². The van der Waals surface area contributed by atoms with Crippen molar-refractivity contribution in [1.29, 1.82) is 0 Å². The lowest BCUT2D eigenvalue weighted by Gasteiger charge is -2.24. The van der Waals surface area contributed by atoms with Gasteiger partial charge in [0.05, 0.1) is 23.4 Å². The van der Waals surface area contributed by atoms with Crippen molar-refractivity contribution in [3.63, 3.8) is 0 Å². The lowest BCUT2D eigenvalue weighted by molar-refractivity contribution is -0.119. The van der Waals surface area contributed by atoms with E-state index >= 15 is 0 Å². The molecule has 3 aromatic rings. The summed E-state index contributed by atoms with van der Waals surface area (Å²) >= 11 is 0. The fraction of sp³-hybridized carbons (Fsp3) is 0.200. The molecule has 8 heteroatoms. The highest BCUT2D eigenvalue weighted by Crippen LogP contribution is 2.25. The Balaban J connectivity index is 1.87. The van der Waals surface area contributed by atoms with E-state index in [-0.39, 0.29) is 4.90 Å². The molecule has 3 rings (SSSR count). The zero-order chi connectivity index (χ0) is 24.0. The molecule has 0 saturated heterocycles. The summed E-state index contributed by atoms with van der Waals surface area (Å²) < 4.78 is 33.1. The first-order valence-corrected chi connectivity index (χ1v) is 11.8. The molecule has 0 atom stereocenters. The Labute approximate surface area is 194 Å². The average molecular weight is 466 g/mol. The number of methoxy groups -OCH3 is 1. The molecule has 33 heavy (non-hydrogen) atoms. The average Bonchev–Trinajstić information content (AvgIpc) is 2.80. The predicted molar refractivity (Wildman–Crippen MR) is 130 cm³/mol. The molecule has 7 nitrogen and oxygen atoms in total. The fourth-order valence-corrected chi connectivity index (χ4v) is 4.76. The monoisotopic (exact) mass is 465 g/mol. The molecule has 0 aliphatic carbocycles. The van der Waals surface area contributed by atoms with Gasteiger partial charge in [-0.05, 0) is 86.0 Å². The molecule has 0 saturated carbocycles. The Morgan fingerprint density at radius 1 is 0.970 bits per heavy atom. The first kappa shape index (κ1) is 24.0. The molecule has 0 aliphatic rings. The second-order valence-electron chi connectivity index (χ2n) is 7.63. The second-order valence-corrected chi connectivity index (χ2v) is 9.49. The zero-order valence-electron chi connectivity index (χ0n) is 19.1. The molecule has 0 radical (unpaired) electrons. The SMILES string of the molecule is COc1ccc(/C(C)=N\NC(=O)CN(c2cc(C)cc(C)c2)S(=O)(=O)c2ccccc2)cc1. The van der Waals surface area contributed by atoms with E-state index in [1.807, 2.05) is 32.0 Å². The van der Waals surface area contributed by atoms with E-state index in [4.69, 9.17) is 4.74 Å². The van der Waals surface area contributed by atoms with Gasteiger partial charge in [0.25, 0.3) is 15.9 Å². The van der Waals surface area contributed by atoms with Crippen LogP contribution in [0.1, 0.15) is 23.6 Å². The van der Waals surface area contributed by atoms with Crippen molar-refractivity contribution in [3.8, 4) is 5.75 Å². The standard InChI is InChI=1S/C25H27N3O4S/c1-18-14-19(2)16-22(15-18)28(33(30,31)24-8-6-5-7-9-24)17-25(29)27-26-20(3)21-10-12-23(32-4)13-11-21/h5-16H,17H2,1-4H3,(H,27,29)/b26-20-. The van der Waals surface area contributed by atoms with Crippen LogP contribution in [0.25, 0.3) is 0 Å². The van der Waals surface area contributed by atoms with Crippen LogP contribution in [0.15, 0.2) is 82.8 Å². The summed E-state index contributed by atoms with van der Waals surface area (Å²) in [5.74, 6) is 0.160. The van der Waals surface area contributed by atoms with E-state index in [0.29, 0.717) is 17.1 Å². The van der Waals surface area contributed by atoms with E-state index < -0.39 is 22.5 Å². The molecule has 1 N–H and O–H groups in total. The van der Waals surface area contributed by atoms with Crippen molar-refractivity contribution in [2.75, 3.05) is 18.0 Å². The highest BCUT2D eigenvalue weighted by Gasteiger charge is 2.27. The number of amides is 1. The molecule has 0 spiro atoms. The number of sulfonamides is 1. The van der Waals surface area contributed by atoms with Crippen molar-refractivity contribution < 1.29 is 17.9 Å². The summed E-state index contributed by atoms with van der Waals surface area (Å²) in [5.41, 5.74) is 6.07. The van der Waals surface area contributed by atoms with E-state index in [1.54, 1.807) is 56.5 Å². The molecule has 0 fully saturated rings. The normalized spacial score (nSPS) is 11.7. The van der Waals surface area contributed by atoms with Gasteiger partial charge in [-0.2, -0.15) is 5.10 Å². The smallest absolute Gasteiger partial charge is 0.264 e. The molecule has 3 aromatic carbocycles. The molecule has 0 aliphatic heterocycles. The molecule has 0 heterocycles. The zero-order valence-corrected chi connectivity index (χ0v) is 19.9. The third-order valence-corrected chi connectivity index (χ3v) is 6.76. The van der Waals surface area contributed by atoms with Gasteiger partial charge in [-0.1, -0.05) is 24.3 Å². The number of carbonyl (C=O) groups excluding carboxylic acids is 1. The van der Waals surface area contributed by atoms with Gasteiger partial charge in [-0.3, -0.25) is 9.10 Å². The maximum absolute atomic E-state index is 13.4. The summed E-state index contributed by atoms with van der Waals surface area (Å²) in [6.07, 6.45) is 0. The summed E-state index contributed by atoms with van der Waals surface area (Å²) in [7, 11) is -2.39. The lowest BCUT2D eigenvalue weighted by atomic mass is 10.1. The van der Waals surface area contributed by atoms with Gasteiger partial charge >= 0.3 is 0 Å². The number of ether oxygens (including phenoxy) is 1. The number of benzene rings is 3. The van der Waals surface area contributed by atoms with Crippen LogP contribution in [0, 0.1) is 13.8 Å². The predicted octanol–water partition coefficient (Wildman–Crippen LogP) is 4.05. The number of carbonyl (C=O) groups is 1. The quantitative estimate of drug-likeness (QED) is 0.402. The van der Waals surface area contributed by atoms with E-state index in [1.165, 1.54) is 12.1 Å². The van der Waals surface area contributed by atoms with Crippen molar-refractivity contribution in [2.45, 2.75) is 25.7 Å². The molecule has 172 valence electrons. The fourth-order valence-electron chi connectivity index (χ4n) is 3.34. The van der Waals surface area contributed by atoms with Crippen molar-refractivity contribution in [2.24, 2.45) is 5.10 Å². The van der Waals surface area contributed by atoms with E-state index in [0.717, 1.165) is 21.0 Å². The Morgan fingerprint density at radius 3 is 2.15 bits per heavy atom. The van der Waals surface area contributed by atoms with Crippen LogP contribution in [0.2, 0.25) is 0 Å². The topological polar surface area (TPSA) is 88.1 Å². The number of nitrogens with one attached hydrogen (secondary N) is 1. The van der Waals surface area contributed by atoms with Gasteiger partial charge in [-0.25, -0.2) is 13.8 Å². The molecule has 0 bridgehead atoms. The van der Waals surface area contributed by atoms with Gasteiger partial charge < -0.3 is 4.74 Å². The lowest BCUT2D eigenvalue weighted by Crippen LogP contribution is -2.39. The number of hydrogen-bond donors (Lipinski definition) is 1. The first-order valence-electron chi connectivity index (χ1n) is 10.3. The van der Waals surface area contributed by atoms with Crippen LogP contribution in [-0.4, -0.2) is 33.7 Å². The van der Waals surface area contributed by atoms with Crippen LogP contribution in [-0.2, 0) is 14.8 Å². The van der Waals surface area contributed by atoms with Gasteiger partial charge in [0.15, 0.2) is 0 Å². The molecule has 1 amide bonds. The van der Waals surface area contributed by atoms with Gasteiger partial charge in [-0.15, -0.1) is 0 Å². The highest BCUT2D eigenvalue weighted by molar-refractivity contribution is 7.92. The molecule has 0 unspecified atom stereocenters. The number of hydrazone groups is 1. The maximum Gasteiger partial charge on any atom is 0.264 e. The van der Waals surface area contributed by atoms with E-state index in [9.17, 15) is 13.2 Å². The third-order valence-electron chi connectivity index (χ3n) is 4.97. The van der Waals surface area contributed by atoms with Crippen LogP contribution < -0.4 is 14.5 Å². The Hall–Kier alpha value is -3.65. The Bertz CT molecular complexity index is 1230. The largest absolute Gasteiger partial charge is 0.497 e. The summed E-state index contributed by atoms with van der Waals surface area (Å²) in [6, 6.07) is 20.7.